The number of benzene rings is 2. The Morgan fingerprint density at radius 3 is 2.23 bits per heavy atom. The third-order valence-electron chi connectivity index (χ3n) is 3.38. The van der Waals surface area contributed by atoms with Crippen LogP contribution in [-0.2, 0) is 0 Å². The number of ether oxygens (including phenoxy) is 3. The number of hydrogen-bond donors (Lipinski definition) is 1. The van der Waals surface area contributed by atoms with Crippen LogP contribution in [0.25, 0.3) is 22.4 Å². The minimum Gasteiger partial charge on any atom is -0.493 e. The van der Waals surface area contributed by atoms with Crippen molar-refractivity contribution in [2.45, 2.75) is 0 Å². The number of hydrogen-bond acceptors (Lipinski definition) is 4. The van der Waals surface area contributed by atoms with Gasteiger partial charge in [-0.25, -0.2) is 4.98 Å². The molecule has 2 aromatic carbocycles. The van der Waals surface area contributed by atoms with Crippen LogP contribution in [-0.4, -0.2) is 31.3 Å². The van der Waals surface area contributed by atoms with Crippen molar-refractivity contribution < 1.29 is 14.2 Å². The smallest absolute Gasteiger partial charge is 0.203 e. The molecule has 0 saturated heterocycles. The van der Waals surface area contributed by atoms with E-state index in [0.717, 1.165) is 16.6 Å². The number of aromatic amines is 1. The molecule has 0 fully saturated rings. The Morgan fingerprint density at radius 2 is 1.64 bits per heavy atom. The zero-order chi connectivity index (χ0) is 15.7. The SMILES string of the molecule is COc1cc(-c2nc3ccc(Cl)cc3[nH]2)cc(OC)c1OC. The van der Waals surface area contributed by atoms with Gasteiger partial charge in [-0.05, 0) is 30.3 Å². The number of nitrogens with one attached hydrogen (secondary N) is 1. The predicted octanol–water partition coefficient (Wildman–Crippen LogP) is 3.91. The first kappa shape index (κ1) is 14.5. The van der Waals surface area contributed by atoms with Crippen molar-refractivity contribution in [1.82, 2.24) is 9.97 Å². The van der Waals surface area contributed by atoms with Gasteiger partial charge in [0.2, 0.25) is 5.75 Å². The molecule has 6 heteroatoms. The van der Waals surface area contributed by atoms with E-state index in [9.17, 15) is 0 Å². The highest BCUT2D eigenvalue weighted by Gasteiger charge is 2.16. The highest BCUT2D eigenvalue weighted by Crippen LogP contribution is 2.40. The van der Waals surface area contributed by atoms with Gasteiger partial charge in [-0.3, -0.25) is 0 Å². The van der Waals surface area contributed by atoms with Gasteiger partial charge in [0.1, 0.15) is 5.82 Å². The monoisotopic (exact) mass is 318 g/mol. The molecule has 5 nitrogen and oxygen atoms in total. The fourth-order valence-electron chi connectivity index (χ4n) is 2.34. The van der Waals surface area contributed by atoms with Crippen molar-refractivity contribution in [1.29, 1.82) is 0 Å². The quantitative estimate of drug-likeness (QED) is 0.792. The Hall–Kier alpha value is -2.40. The van der Waals surface area contributed by atoms with Crippen molar-refractivity contribution in [3.05, 3.63) is 35.4 Å². The molecule has 0 radical (unpaired) electrons. The molecule has 0 aliphatic rings. The van der Waals surface area contributed by atoms with Gasteiger partial charge < -0.3 is 19.2 Å². The average Bonchev–Trinajstić information content (AvgIpc) is 2.96. The van der Waals surface area contributed by atoms with Crippen LogP contribution in [0.1, 0.15) is 0 Å². The lowest BCUT2D eigenvalue weighted by atomic mass is 10.1. The van der Waals surface area contributed by atoms with Crippen molar-refractivity contribution in [2.75, 3.05) is 21.3 Å². The van der Waals surface area contributed by atoms with E-state index in [1.807, 2.05) is 30.3 Å². The summed E-state index contributed by atoms with van der Waals surface area (Å²) in [6.07, 6.45) is 0. The van der Waals surface area contributed by atoms with E-state index in [-0.39, 0.29) is 0 Å². The maximum Gasteiger partial charge on any atom is 0.203 e. The van der Waals surface area contributed by atoms with Gasteiger partial charge in [-0.15, -0.1) is 0 Å². The number of fused-ring (bicyclic) bond motifs is 1. The fourth-order valence-corrected chi connectivity index (χ4v) is 2.51. The summed E-state index contributed by atoms with van der Waals surface area (Å²) in [6.45, 7) is 0. The lowest BCUT2D eigenvalue weighted by molar-refractivity contribution is 0.324. The topological polar surface area (TPSA) is 56.4 Å². The van der Waals surface area contributed by atoms with Crippen LogP contribution in [0.5, 0.6) is 17.2 Å². The lowest BCUT2D eigenvalue weighted by Crippen LogP contribution is -1.96. The van der Waals surface area contributed by atoms with E-state index < -0.39 is 0 Å². The van der Waals surface area contributed by atoms with Crippen molar-refractivity contribution in [2.24, 2.45) is 0 Å². The first-order valence-corrected chi connectivity index (χ1v) is 6.99. The van der Waals surface area contributed by atoms with Gasteiger partial charge in [-0.1, -0.05) is 11.6 Å². The molecule has 22 heavy (non-hydrogen) atoms. The van der Waals surface area contributed by atoms with Crippen molar-refractivity contribution in [3.8, 4) is 28.6 Å². The molecular weight excluding hydrogens is 304 g/mol. The van der Waals surface area contributed by atoms with Gasteiger partial charge in [0.05, 0.1) is 32.4 Å². The zero-order valence-corrected chi connectivity index (χ0v) is 13.2. The van der Waals surface area contributed by atoms with Crippen LogP contribution in [0.15, 0.2) is 30.3 Å². The summed E-state index contributed by atoms with van der Waals surface area (Å²) in [6, 6.07) is 9.21. The van der Waals surface area contributed by atoms with Crippen molar-refractivity contribution >= 4 is 22.6 Å². The lowest BCUT2D eigenvalue weighted by Gasteiger charge is -2.13. The second kappa shape index (κ2) is 5.77. The number of rotatable bonds is 4. The number of halogens is 1. The van der Waals surface area contributed by atoms with Crippen LogP contribution >= 0.6 is 11.6 Å². The van der Waals surface area contributed by atoms with Crippen LogP contribution in [0.2, 0.25) is 5.02 Å². The maximum atomic E-state index is 6.00. The Balaban J connectivity index is 2.17. The molecule has 0 unspecified atom stereocenters. The summed E-state index contributed by atoms with van der Waals surface area (Å²) in [4.78, 5) is 7.81. The summed E-state index contributed by atoms with van der Waals surface area (Å²) in [5.74, 6) is 2.41. The summed E-state index contributed by atoms with van der Waals surface area (Å²) < 4.78 is 16.1. The molecule has 0 amide bonds. The molecule has 0 aliphatic carbocycles. The third kappa shape index (κ3) is 2.44. The number of aromatic nitrogens is 2. The second-order valence-corrected chi connectivity index (χ2v) is 5.10. The number of imidazole rings is 1. The molecule has 1 aromatic heterocycles. The first-order chi connectivity index (χ1) is 10.7. The van der Waals surface area contributed by atoms with E-state index >= 15 is 0 Å². The van der Waals surface area contributed by atoms with Gasteiger partial charge in [0.25, 0.3) is 0 Å². The Bertz CT molecular complexity index is 804. The van der Waals surface area contributed by atoms with E-state index in [1.165, 1.54) is 0 Å². The Morgan fingerprint density at radius 1 is 0.955 bits per heavy atom. The molecule has 0 atom stereocenters. The van der Waals surface area contributed by atoms with Crippen LogP contribution in [0.4, 0.5) is 0 Å². The van der Waals surface area contributed by atoms with E-state index in [1.54, 1.807) is 21.3 Å². The molecular formula is C16H15ClN2O3. The van der Waals surface area contributed by atoms with Crippen LogP contribution in [0.3, 0.4) is 0 Å². The molecule has 0 bridgehead atoms. The average molecular weight is 319 g/mol. The van der Waals surface area contributed by atoms with Gasteiger partial charge in [-0.2, -0.15) is 0 Å². The number of H-pyrrole nitrogens is 1. The molecule has 114 valence electrons. The summed E-state index contributed by atoms with van der Waals surface area (Å²) in [7, 11) is 4.74. The minimum atomic E-state index is 0.549. The molecule has 0 saturated carbocycles. The summed E-state index contributed by atoms with van der Waals surface area (Å²) in [5.41, 5.74) is 2.55. The van der Waals surface area contributed by atoms with Crippen LogP contribution < -0.4 is 14.2 Å². The molecule has 3 aromatic rings. The standard InChI is InChI=1S/C16H15ClN2O3/c1-20-13-6-9(7-14(21-2)15(13)22-3)16-18-11-5-4-10(17)8-12(11)19-16/h4-8H,1-3H3,(H,18,19). The first-order valence-electron chi connectivity index (χ1n) is 6.62. The number of nitrogens with zero attached hydrogens (tertiary/aromatic N) is 1. The summed E-state index contributed by atoms with van der Waals surface area (Å²) in [5, 5.41) is 0.660. The highest BCUT2D eigenvalue weighted by atomic mass is 35.5. The largest absolute Gasteiger partial charge is 0.493 e. The summed E-state index contributed by atoms with van der Waals surface area (Å²) >= 11 is 6.00. The molecule has 1 N–H and O–H groups in total. The van der Waals surface area contributed by atoms with E-state index in [4.69, 9.17) is 25.8 Å². The Kier molecular flexibility index (Phi) is 3.81. The minimum absolute atomic E-state index is 0.549. The maximum absolute atomic E-state index is 6.00. The Labute approximate surface area is 132 Å². The van der Waals surface area contributed by atoms with E-state index in [0.29, 0.717) is 28.1 Å². The third-order valence-corrected chi connectivity index (χ3v) is 3.62. The number of methoxy groups -OCH3 is 3. The molecule has 0 spiro atoms. The predicted molar refractivity (Wildman–Crippen MR) is 86.2 cm³/mol. The molecule has 1 heterocycles. The highest BCUT2D eigenvalue weighted by molar-refractivity contribution is 6.31. The van der Waals surface area contributed by atoms with Gasteiger partial charge >= 0.3 is 0 Å². The normalized spacial score (nSPS) is 10.7. The van der Waals surface area contributed by atoms with E-state index in [2.05, 4.69) is 9.97 Å². The molecule has 3 rings (SSSR count). The van der Waals surface area contributed by atoms with Crippen LogP contribution in [0, 0.1) is 0 Å². The van der Waals surface area contributed by atoms with Gasteiger partial charge in [0, 0.05) is 10.6 Å². The van der Waals surface area contributed by atoms with Crippen molar-refractivity contribution in [3.63, 3.8) is 0 Å². The second-order valence-electron chi connectivity index (χ2n) is 4.66. The van der Waals surface area contributed by atoms with Gasteiger partial charge in [0.15, 0.2) is 11.5 Å². The zero-order valence-electron chi connectivity index (χ0n) is 12.4. The fraction of sp³-hybridized carbons (Fsp3) is 0.188. The molecule has 0 aliphatic heterocycles.